The van der Waals surface area contributed by atoms with Gasteiger partial charge in [0.05, 0.1) is 0 Å². The van der Waals surface area contributed by atoms with Crippen LogP contribution in [-0.4, -0.2) is 31.8 Å². The van der Waals surface area contributed by atoms with Gasteiger partial charge in [0.25, 0.3) is 0 Å². The lowest BCUT2D eigenvalue weighted by Crippen LogP contribution is -2.09. The van der Waals surface area contributed by atoms with Crippen LogP contribution in [0.2, 0.25) is 0 Å². The maximum absolute atomic E-state index is 4.49. The molecule has 0 saturated heterocycles. The van der Waals surface area contributed by atoms with Crippen LogP contribution >= 0.6 is 0 Å². The minimum atomic E-state index is 0.790. The molecule has 0 aromatic carbocycles. The topological polar surface area (TPSA) is 68.5 Å². The highest BCUT2D eigenvalue weighted by Gasteiger charge is 2.14. The van der Waals surface area contributed by atoms with Gasteiger partial charge in [-0.1, -0.05) is 13.8 Å². The molecule has 0 atom stereocenters. The minimum absolute atomic E-state index is 0.790. The highest BCUT2D eigenvalue weighted by molar-refractivity contribution is 5.50. The lowest BCUT2D eigenvalue weighted by molar-refractivity contribution is 0.759. The maximum atomic E-state index is 4.49. The van der Waals surface area contributed by atoms with Crippen LogP contribution in [0.1, 0.15) is 31.1 Å². The van der Waals surface area contributed by atoms with Crippen molar-refractivity contribution in [3.05, 3.63) is 23.5 Å². The van der Waals surface area contributed by atoms with Crippen molar-refractivity contribution in [2.45, 2.75) is 33.6 Å². The first-order valence-corrected chi connectivity index (χ1v) is 6.15. The van der Waals surface area contributed by atoms with E-state index in [1.54, 1.807) is 6.33 Å². The Morgan fingerprint density at radius 2 is 2.00 bits per heavy atom. The van der Waals surface area contributed by atoms with Gasteiger partial charge in [-0.2, -0.15) is 4.68 Å². The van der Waals surface area contributed by atoms with Gasteiger partial charge in [0.1, 0.15) is 18.0 Å². The summed E-state index contributed by atoms with van der Waals surface area (Å²) in [5.41, 5.74) is 0.974. The number of aryl methyl sites for hydroxylation is 2. The molecule has 2 aromatic rings. The van der Waals surface area contributed by atoms with Gasteiger partial charge in [-0.15, -0.1) is 5.10 Å². The third-order valence-corrected chi connectivity index (χ3v) is 2.85. The van der Waals surface area contributed by atoms with Crippen molar-refractivity contribution in [1.82, 2.24) is 24.7 Å². The highest BCUT2D eigenvalue weighted by atomic mass is 15.4. The van der Waals surface area contributed by atoms with Crippen LogP contribution in [-0.2, 0) is 12.8 Å². The molecule has 0 radical (unpaired) electrons. The van der Waals surface area contributed by atoms with Crippen LogP contribution < -0.4 is 5.32 Å². The molecule has 0 aliphatic rings. The summed E-state index contributed by atoms with van der Waals surface area (Å²) in [5.74, 6) is 3.38. The molecule has 2 aromatic heterocycles. The van der Waals surface area contributed by atoms with Gasteiger partial charge in [-0.25, -0.2) is 15.0 Å². The van der Waals surface area contributed by atoms with E-state index < -0.39 is 0 Å². The normalized spacial score (nSPS) is 10.7. The average molecular weight is 246 g/mol. The zero-order valence-electron chi connectivity index (χ0n) is 11.2. The summed E-state index contributed by atoms with van der Waals surface area (Å²) in [6, 6.07) is 0. The van der Waals surface area contributed by atoms with Crippen molar-refractivity contribution in [3.8, 4) is 5.82 Å². The molecule has 0 bridgehead atoms. The Labute approximate surface area is 106 Å². The fourth-order valence-electron chi connectivity index (χ4n) is 1.85. The first kappa shape index (κ1) is 12.5. The van der Waals surface area contributed by atoms with Crippen molar-refractivity contribution >= 4 is 5.82 Å². The van der Waals surface area contributed by atoms with E-state index >= 15 is 0 Å². The zero-order valence-corrected chi connectivity index (χ0v) is 11.2. The lowest BCUT2D eigenvalue weighted by Gasteiger charge is -2.09. The summed E-state index contributed by atoms with van der Waals surface area (Å²) < 4.78 is 1.82. The van der Waals surface area contributed by atoms with Crippen LogP contribution in [0.15, 0.2) is 6.33 Å². The molecule has 6 heteroatoms. The second-order valence-corrected chi connectivity index (χ2v) is 3.98. The summed E-state index contributed by atoms with van der Waals surface area (Å²) in [4.78, 5) is 13.0. The van der Waals surface area contributed by atoms with Crippen LogP contribution in [0.4, 0.5) is 5.82 Å². The highest BCUT2D eigenvalue weighted by Crippen LogP contribution is 2.18. The Kier molecular flexibility index (Phi) is 3.55. The number of aromatic nitrogens is 5. The van der Waals surface area contributed by atoms with Gasteiger partial charge in [0.2, 0.25) is 0 Å². The van der Waals surface area contributed by atoms with E-state index in [1.807, 2.05) is 25.6 Å². The number of hydrogen-bond donors (Lipinski definition) is 1. The van der Waals surface area contributed by atoms with Crippen LogP contribution in [0.5, 0.6) is 0 Å². The smallest absolute Gasteiger partial charge is 0.163 e. The Bertz CT molecular complexity index is 545. The van der Waals surface area contributed by atoms with E-state index in [-0.39, 0.29) is 0 Å². The van der Waals surface area contributed by atoms with Crippen molar-refractivity contribution in [2.75, 3.05) is 12.4 Å². The minimum Gasteiger partial charge on any atom is -0.373 e. The van der Waals surface area contributed by atoms with Gasteiger partial charge in [-0.3, -0.25) is 0 Å². The third kappa shape index (κ3) is 2.05. The quantitative estimate of drug-likeness (QED) is 0.886. The van der Waals surface area contributed by atoms with Gasteiger partial charge < -0.3 is 5.32 Å². The molecular weight excluding hydrogens is 228 g/mol. The van der Waals surface area contributed by atoms with Crippen molar-refractivity contribution in [1.29, 1.82) is 0 Å². The van der Waals surface area contributed by atoms with Crippen LogP contribution in [0, 0.1) is 6.92 Å². The average Bonchev–Trinajstić information content (AvgIpc) is 2.82. The van der Waals surface area contributed by atoms with Crippen LogP contribution in [0.25, 0.3) is 5.82 Å². The molecule has 2 rings (SSSR count). The van der Waals surface area contributed by atoms with Gasteiger partial charge >= 0.3 is 0 Å². The molecule has 0 spiro atoms. The van der Waals surface area contributed by atoms with Crippen molar-refractivity contribution in [2.24, 2.45) is 0 Å². The summed E-state index contributed by atoms with van der Waals surface area (Å²) in [5, 5.41) is 7.54. The predicted octanol–water partition coefficient (Wildman–Crippen LogP) is 1.53. The molecule has 0 unspecified atom stereocenters. The number of nitrogens with zero attached hydrogens (tertiary/aromatic N) is 5. The van der Waals surface area contributed by atoms with Crippen molar-refractivity contribution in [3.63, 3.8) is 0 Å². The molecule has 96 valence electrons. The van der Waals surface area contributed by atoms with E-state index in [2.05, 4.69) is 32.3 Å². The molecule has 2 heterocycles. The number of hydrogen-bond acceptors (Lipinski definition) is 5. The molecule has 0 aliphatic heterocycles. The fraction of sp³-hybridized carbons (Fsp3) is 0.500. The summed E-state index contributed by atoms with van der Waals surface area (Å²) in [6.07, 6.45) is 3.19. The van der Waals surface area contributed by atoms with Gasteiger partial charge in [-0.05, 0) is 6.92 Å². The molecule has 0 fully saturated rings. The molecule has 6 nitrogen and oxygen atoms in total. The van der Waals surface area contributed by atoms with E-state index in [0.717, 1.165) is 41.7 Å². The number of nitrogens with one attached hydrogen (secondary N) is 1. The monoisotopic (exact) mass is 246 g/mol. The summed E-state index contributed by atoms with van der Waals surface area (Å²) in [6.45, 7) is 6.09. The Hall–Kier alpha value is -1.98. The first-order chi connectivity index (χ1) is 8.71. The van der Waals surface area contributed by atoms with Crippen molar-refractivity contribution < 1.29 is 0 Å². The molecule has 0 amide bonds. The molecule has 0 aliphatic carbocycles. The third-order valence-electron chi connectivity index (χ3n) is 2.85. The van der Waals surface area contributed by atoms with Crippen LogP contribution in [0.3, 0.4) is 0 Å². The molecule has 1 N–H and O–H groups in total. The Morgan fingerprint density at radius 1 is 1.22 bits per heavy atom. The van der Waals surface area contributed by atoms with E-state index in [1.165, 1.54) is 0 Å². The second kappa shape index (κ2) is 5.12. The van der Waals surface area contributed by atoms with E-state index in [0.29, 0.717) is 0 Å². The summed E-state index contributed by atoms with van der Waals surface area (Å²) in [7, 11) is 1.85. The second-order valence-electron chi connectivity index (χ2n) is 3.98. The van der Waals surface area contributed by atoms with E-state index in [4.69, 9.17) is 0 Å². The number of rotatable bonds is 4. The lowest BCUT2D eigenvalue weighted by atomic mass is 10.3. The largest absolute Gasteiger partial charge is 0.373 e. The fourth-order valence-corrected chi connectivity index (χ4v) is 1.85. The molecular formula is C12H18N6. The zero-order chi connectivity index (χ0) is 13.1. The molecule has 18 heavy (non-hydrogen) atoms. The molecule has 0 saturated carbocycles. The van der Waals surface area contributed by atoms with Gasteiger partial charge in [0, 0.05) is 25.5 Å². The predicted molar refractivity (Wildman–Crippen MR) is 70.0 cm³/mol. The Morgan fingerprint density at radius 3 is 2.61 bits per heavy atom. The van der Waals surface area contributed by atoms with Gasteiger partial charge in [0.15, 0.2) is 11.6 Å². The Balaban J connectivity index is 2.57. The first-order valence-electron chi connectivity index (χ1n) is 6.15. The van der Waals surface area contributed by atoms with E-state index in [9.17, 15) is 0 Å². The summed E-state index contributed by atoms with van der Waals surface area (Å²) >= 11 is 0. The standard InChI is InChI=1S/C12H18N6/c1-5-9-16-10(6-2)18(17-9)12-8(3)11(13-4)14-7-15-12/h7H,5-6H2,1-4H3,(H,13,14,15). The number of anilines is 1. The SMILES string of the molecule is CCc1nc(CC)n(-c2ncnc(NC)c2C)n1. The maximum Gasteiger partial charge on any atom is 0.163 e.